The number of benzene rings is 1. The molecule has 2 aromatic rings. The van der Waals surface area contributed by atoms with E-state index in [9.17, 15) is 13.2 Å². The van der Waals surface area contributed by atoms with Crippen LogP contribution in [0.3, 0.4) is 0 Å². The molecule has 1 unspecified atom stereocenters. The summed E-state index contributed by atoms with van der Waals surface area (Å²) in [5.74, 6) is -0.577. The summed E-state index contributed by atoms with van der Waals surface area (Å²) >= 11 is 5.76. The molecule has 1 aromatic carbocycles. The maximum Gasteiger partial charge on any atom is 0.435 e. The molecular weight excluding hydrogens is 329 g/mol. The molecule has 2 rings (SSSR count). The van der Waals surface area contributed by atoms with E-state index in [2.05, 4.69) is 15.3 Å². The Morgan fingerprint density at radius 1 is 1.22 bits per heavy atom. The summed E-state index contributed by atoms with van der Waals surface area (Å²) in [5, 5.41) is 2.30. The first kappa shape index (κ1) is 17.3. The van der Waals surface area contributed by atoms with Crippen molar-refractivity contribution < 1.29 is 13.2 Å². The van der Waals surface area contributed by atoms with Gasteiger partial charge in [-0.25, -0.2) is 4.98 Å². The van der Waals surface area contributed by atoms with E-state index in [4.69, 9.17) is 17.3 Å². The van der Waals surface area contributed by atoms with Gasteiger partial charge in [0.05, 0.1) is 0 Å². The second-order valence-corrected chi connectivity index (χ2v) is 5.54. The topological polar surface area (TPSA) is 63.8 Å². The van der Waals surface area contributed by atoms with Crippen LogP contribution in [-0.2, 0) is 12.6 Å². The summed E-state index contributed by atoms with van der Waals surface area (Å²) in [4.78, 5) is 6.94. The molecule has 0 fully saturated rings. The molecule has 124 valence electrons. The smallest absolute Gasteiger partial charge is 0.368 e. The lowest BCUT2D eigenvalue weighted by atomic mass is 10.1. The predicted molar refractivity (Wildman–Crippen MR) is 84.3 cm³/mol. The van der Waals surface area contributed by atoms with Crippen molar-refractivity contribution in [2.75, 3.05) is 11.1 Å². The first-order valence-electron chi connectivity index (χ1n) is 6.98. The fourth-order valence-electron chi connectivity index (χ4n) is 2.08. The van der Waals surface area contributed by atoms with Crippen LogP contribution in [-0.4, -0.2) is 16.0 Å². The molecule has 3 N–H and O–H groups in total. The lowest BCUT2D eigenvalue weighted by molar-refractivity contribution is -0.141. The van der Waals surface area contributed by atoms with Gasteiger partial charge in [0.15, 0.2) is 11.5 Å². The van der Waals surface area contributed by atoms with Crippen LogP contribution >= 0.6 is 11.6 Å². The van der Waals surface area contributed by atoms with Crippen molar-refractivity contribution in [3.8, 4) is 0 Å². The normalized spacial score (nSPS) is 12.9. The molecule has 8 heteroatoms. The number of anilines is 2. The van der Waals surface area contributed by atoms with Gasteiger partial charge in [0.25, 0.3) is 0 Å². The quantitative estimate of drug-likeness (QED) is 0.854. The van der Waals surface area contributed by atoms with Crippen molar-refractivity contribution in [1.29, 1.82) is 0 Å². The zero-order valence-corrected chi connectivity index (χ0v) is 13.1. The third-order valence-electron chi connectivity index (χ3n) is 3.23. The number of hydrogen-bond donors (Lipinski definition) is 2. The lowest BCUT2D eigenvalue weighted by Gasteiger charge is -2.17. The van der Waals surface area contributed by atoms with Crippen LogP contribution in [0.15, 0.2) is 30.3 Å². The molecule has 0 saturated heterocycles. The number of rotatable bonds is 5. The summed E-state index contributed by atoms with van der Waals surface area (Å²) < 4.78 is 38.6. The van der Waals surface area contributed by atoms with Crippen molar-refractivity contribution in [2.24, 2.45) is 0 Å². The fraction of sp³-hybridized carbons (Fsp3) is 0.333. The van der Waals surface area contributed by atoms with Gasteiger partial charge in [0.1, 0.15) is 5.02 Å². The highest BCUT2D eigenvalue weighted by atomic mass is 35.5. The van der Waals surface area contributed by atoms with Crippen molar-refractivity contribution in [2.45, 2.75) is 32.0 Å². The average molecular weight is 345 g/mol. The molecule has 0 amide bonds. The van der Waals surface area contributed by atoms with Crippen LogP contribution in [0, 0.1) is 0 Å². The molecule has 0 spiro atoms. The molecule has 1 atom stereocenters. The highest BCUT2D eigenvalue weighted by Crippen LogP contribution is 2.36. The Labute approximate surface area is 136 Å². The fourth-order valence-corrected chi connectivity index (χ4v) is 2.33. The molecule has 0 saturated carbocycles. The van der Waals surface area contributed by atoms with Gasteiger partial charge in [-0.3, -0.25) is 0 Å². The minimum atomic E-state index is -4.68. The Hall–Kier alpha value is -2.02. The molecule has 0 aliphatic heterocycles. The van der Waals surface area contributed by atoms with Gasteiger partial charge in [0, 0.05) is 6.04 Å². The van der Waals surface area contributed by atoms with Crippen LogP contribution in [0.4, 0.5) is 24.9 Å². The highest BCUT2D eigenvalue weighted by molar-refractivity contribution is 6.33. The van der Waals surface area contributed by atoms with Gasteiger partial charge in [-0.2, -0.15) is 18.2 Å². The Balaban J connectivity index is 2.09. The number of nitrogens with one attached hydrogen (secondary N) is 1. The number of halogens is 4. The lowest BCUT2D eigenvalue weighted by Crippen LogP contribution is -2.20. The van der Waals surface area contributed by atoms with E-state index in [0.717, 1.165) is 12.0 Å². The molecule has 1 heterocycles. The average Bonchev–Trinajstić information content (AvgIpc) is 2.48. The minimum absolute atomic E-state index is 0.105. The zero-order valence-electron chi connectivity index (χ0n) is 12.4. The van der Waals surface area contributed by atoms with Crippen LogP contribution in [0.2, 0.25) is 5.02 Å². The second kappa shape index (κ2) is 7.04. The number of aromatic nitrogens is 2. The molecule has 0 bridgehead atoms. The van der Waals surface area contributed by atoms with E-state index in [1.807, 2.05) is 37.3 Å². The van der Waals surface area contributed by atoms with Gasteiger partial charge in [0.2, 0.25) is 5.95 Å². The SMILES string of the molecule is CC(CCc1ccccc1)Nc1nc(N)nc(C(F)(F)F)c1Cl. The van der Waals surface area contributed by atoms with Crippen LogP contribution in [0.25, 0.3) is 0 Å². The minimum Gasteiger partial charge on any atom is -0.368 e. The molecule has 0 aliphatic rings. The first-order valence-corrected chi connectivity index (χ1v) is 7.36. The number of aryl methyl sites for hydroxylation is 1. The van der Waals surface area contributed by atoms with Gasteiger partial charge in [-0.15, -0.1) is 0 Å². The van der Waals surface area contributed by atoms with Crippen LogP contribution in [0.1, 0.15) is 24.6 Å². The van der Waals surface area contributed by atoms with E-state index >= 15 is 0 Å². The predicted octanol–water partition coefficient (Wildman–Crippen LogP) is 4.16. The number of nitrogen functional groups attached to an aromatic ring is 1. The molecule has 0 radical (unpaired) electrons. The van der Waals surface area contributed by atoms with E-state index < -0.39 is 22.8 Å². The number of nitrogens with zero attached hydrogens (tertiary/aromatic N) is 2. The Kier molecular flexibility index (Phi) is 5.30. The third-order valence-corrected chi connectivity index (χ3v) is 3.59. The first-order chi connectivity index (χ1) is 10.8. The van der Waals surface area contributed by atoms with Crippen molar-refractivity contribution in [3.05, 3.63) is 46.6 Å². The number of nitrogens with two attached hydrogens (primary N) is 1. The van der Waals surface area contributed by atoms with Crippen molar-refractivity contribution >= 4 is 23.4 Å². The monoisotopic (exact) mass is 344 g/mol. The van der Waals surface area contributed by atoms with E-state index in [0.29, 0.717) is 6.42 Å². The van der Waals surface area contributed by atoms with Gasteiger partial charge in [-0.1, -0.05) is 41.9 Å². The van der Waals surface area contributed by atoms with Crippen LogP contribution in [0.5, 0.6) is 0 Å². The van der Waals surface area contributed by atoms with Crippen LogP contribution < -0.4 is 11.1 Å². The Morgan fingerprint density at radius 3 is 2.48 bits per heavy atom. The van der Waals surface area contributed by atoms with Crippen molar-refractivity contribution in [3.63, 3.8) is 0 Å². The van der Waals surface area contributed by atoms with Gasteiger partial charge < -0.3 is 11.1 Å². The highest BCUT2D eigenvalue weighted by Gasteiger charge is 2.37. The molecule has 4 nitrogen and oxygen atoms in total. The van der Waals surface area contributed by atoms with E-state index in [1.54, 1.807) is 0 Å². The van der Waals surface area contributed by atoms with Gasteiger partial charge in [-0.05, 0) is 25.3 Å². The second-order valence-electron chi connectivity index (χ2n) is 5.16. The maximum absolute atomic E-state index is 12.9. The summed E-state index contributed by atoms with van der Waals surface area (Å²) in [6.07, 6.45) is -3.21. The molecular formula is C15H16ClF3N4. The summed E-state index contributed by atoms with van der Waals surface area (Å²) in [5.41, 5.74) is 5.26. The summed E-state index contributed by atoms with van der Waals surface area (Å²) in [7, 11) is 0. The molecule has 0 aliphatic carbocycles. The summed E-state index contributed by atoms with van der Waals surface area (Å²) in [6, 6.07) is 9.64. The number of hydrogen-bond acceptors (Lipinski definition) is 4. The van der Waals surface area contributed by atoms with E-state index in [-0.39, 0.29) is 11.9 Å². The third kappa shape index (κ3) is 4.72. The van der Waals surface area contributed by atoms with Crippen molar-refractivity contribution in [1.82, 2.24) is 9.97 Å². The Morgan fingerprint density at radius 2 is 1.87 bits per heavy atom. The number of alkyl halides is 3. The molecule has 1 aromatic heterocycles. The molecule has 23 heavy (non-hydrogen) atoms. The standard InChI is InChI=1S/C15H16ClF3N4/c1-9(7-8-10-5-3-2-4-6-10)21-13-11(16)12(15(17,18)19)22-14(20)23-13/h2-6,9H,7-8H2,1H3,(H3,20,21,22,23). The largest absolute Gasteiger partial charge is 0.435 e. The van der Waals surface area contributed by atoms with Gasteiger partial charge >= 0.3 is 6.18 Å². The zero-order chi connectivity index (χ0) is 17.0. The Bertz CT molecular complexity index is 662. The summed E-state index contributed by atoms with van der Waals surface area (Å²) in [6.45, 7) is 1.84. The van der Waals surface area contributed by atoms with E-state index in [1.165, 1.54) is 0 Å². The maximum atomic E-state index is 12.9.